The third-order valence-electron chi connectivity index (χ3n) is 5.40. The molecule has 0 saturated carbocycles. The van der Waals surface area contributed by atoms with Gasteiger partial charge in [-0.15, -0.1) is 0 Å². The number of halogens is 1. The molecule has 0 N–H and O–H groups in total. The molecule has 146 valence electrons. The highest BCUT2D eigenvalue weighted by molar-refractivity contribution is 9.10. The summed E-state index contributed by atoms with van der Waals surface area (Å²) in [6, 6.07) is 30.7. The van der Waals surface area contributed by atoms with Gasteiger partial charge in [0.1, 0.15) is 0 Å². The lowest BCUT2D eigenvalue weighted by molar-refractivity contribution is 0.0601. The average molecular weight is 456 g/mol. The molecular formula is C26H18BrNO2. The van der Waals surface area contributed by atoms with Crippen molar-refractivity contribution in [1.29, 1.82) is 0 Å². The molecule has 5 aromatic rings. The molecule has 1 aromatic heterocycles. The molecule has 0 bridgehead atoms. The van der Waals surface area contributed by atoms with Crippen LogP contribution in [-0.4, -0.2) is 17.6 Å². The molecule has 30 heavy (non-hydrogen) atoms. The number of aromatic nitrogens is 1. The molecule has 1 heterocycles. The van der Waals surface area contributed by atoms with E-state index < -0.39 is 0 Å². The van der Waals surface area contributed by atoms with Crippen LogP contribution in [0.25, 0.3) is 38.6 Å². The van der Waals surface area contributed by atoms with Gasteiger partial charge >= 0.3 is 5.97 Å². The van der Waals surface area contributed by atoms with E-state index in [-0.39, 0.29) is 5.97 Å². The van der Waals surface area contributed by atoms with Crippen molar-refractivity contribution in [1.82, 2.24) is 4.57 Å². The van der Waals surface area contributed by atoms with Crippen molar-refractivity contribution >= 4 is 43.7 Å². The maximum atomic E-state index is 12.5. The quantitative estimate of drug-likeness (QED) is 0.274. The fourth-order valence-corrected chi connectivity index (χ4v) is 4.47. The van der Waals surface area contributed by atoms with E-state index in [1.807, 2.05) is 30.3 Å². The van der Waals surface area contributed by atoms with Crippen LogP contribution in [-0.2, 0) is 4.74 Å². The van der Waals surface area contributed by atoms with Crippen molar-refractivity contribution in [2.45, 2.75) is 0 Å². The Bertz CT molecular complexity index is 1360. The fraction of sp³-hybridized carbons (Fsp3) is 0.0385. The van der Waals surface area contributed by atoms with Crippen molar-refractivity contribution in [2.24, 2.45) is 0 Å². The molecule has 0 spiro atoms. The highest BCUT2D eigenvalue weighted by Gasteiger charge is 2.19. The lowest BCUT2D eigenvalue weighted by Gasteiger charge is -2.16. The Morgan fingerprint density at radius 1 is 0.767 bits per heavy atom. The van der Waals surface area contributed by atoms with Gasteiger partial charge in [0.15, 0.2) is 0 Å². The Balaban J connectivity index is 1.87. The number of fused-ring (bicyclic) bond motifs is 3. The van der Waals surface area contributed by atoms with Crippen molar-refractivity contribution < 1.29 is 9.53 Å². The Kier molecular flexibility index (Phi) is 4.64. The van der Waals surface area contributed by atoms with Gasteiger partial charge in [0.25, 0.3) is 0 Å². The second kappa shape index (κ2) is 7.47. The summed E-state index contributed by atoms with van der Waals surface area (Å²) in [7, 11) is 1.41. The summed E-state index contributed by atoms with van der Waals surface area (Å²) in [6.07, 6.45) is 0. The smallest absolute Gasteiger partial charge is 0.338 e. The summed E-state index contributed by atoms with van der Waals surface area (Å²) in [5.41, 5.74) is 5.60. The minimum absolute atomic E-state index is 0.358. The van der Waals surface area contributed by atoms with Crippen LogP contribution in [0.15, 0.2) is 95.5 Å². The molecular weight excluding hydrogens is 438 g/mol. The van der Waals surface area contributed by atoms with Crippen molar-refractivity contribution in [3.8, 4) is 16.8 Å². The molecule has 0 aliphatic carbocycles. The molecule has 0 aliphatic rings. The predicted octanol–water partition coefficient (Wildman–Crippen LogP) is 7.00. The maximum Gasteiger partial charge on any atom is 0.338 e. The van der Waals surface area contributed by atoms with Crippen LogP contribution in [0, 0.1) is 0 Å². The number of hydrogen-bond acceptors (Lipinski definition) is 2. The number of methoxy groups -OCH3 is 1. The molecule has 5 rings (SSSR count). The molecule has 0 unspecified atom stereocenters. The molecule has 0 amide bonds. The average Bonchev–Trinajstić information content (AvgIpc) is 3.13. The van der Waals surface area contributed by atoms with Gasteiger partial charge in [0.05, 0.1) is 29.4 Å². The van der Waals surface area contributed by atoms with Crippen LogP contribution in [0.2, 0.25) is 0 Å². The van der Waals surface area contributed by atoms with Crippen LogP contribution in [0.4, 0.5) is 0 Å². The summed E-state index contributed by atoms with van der Waals surface area (Å²) in [4.78, 5) is 12.5. The largest absolute Gasteiger partial charge is 0.465 e. The topological polar surface area (TPSA) is 31.2 Å². The van der Waals surface area contributed by atoms with Crippen molar-refractivity contribution in [2.75, 3.05) is 7.11 Å². The lowest BCUT2D eigenvalue weighted by atomic mass is 9.98. The molecule has 0 radical (unpaired) electrons. The van der Waals surface area contributed by atoms with Gasteiger partial charge in [-0.25, -0.2) is 4.79 Å². The van der Waals surface area contributed by atoms with E-state index in [0.29, 0.717) is 5.56 Å². The molecule has 0 fully saturated rings. The SMILES string of the molecule is COC(=O)c1cc(Br)ccc1-c1ccccc1-n1c2ccccc2c2ccccc21. The van der Waals surface area contributed by atoms with Gasteiger partial charge in [-0.1, -0.05) is 76.6 Å². The third-order valence-corrected chi connectivity index (χ3v) is 5.90. The summed E-state index contributed by atoms with van der Waals surface area (Å²) >= 11 is 3.48. The Morgan fingerprint density at radius 3 is 2.03 bits per heavy atom. The third kappa shape index (κ3) is 2.92. The van der Waals surface area contributed by atoms with E-state index >= 15 is 0 Å². The standard InChI is InChI=1S/C26H18BrNO2/c1-30-26(29)22-16-17(27)14-15-18(22)19-8-2-5-11-23(19)28-24-12-6-3-9-20(24)21-10-4-7-13-25(21)28/h2-16H,1H3. The number of benzene rings is 4. The number of esters is 1. The van der Waals surface area contributed by atoms with Crippen LogP contribution in [0.5, 0.6) is 0 Å². The maximum absolute atomic E-state index is 12.5. The van der Waals surface area contributed by atoms with E-state index in [9.17, 15) is 4.79 Å². The van der Waals surface area contributed by atoms with E-state index in [1.54, 1.807) is 0 Å². The number of carbonyl (C=O) groups excluding carboxylic acids is 1. The number of carbonyl (C=O) groups is 1. The number of hydrogen-bond donors (Lipinski definition) is 0. The highest BCUT2D eigenvalue weighted by Crippen LogP contribution is 2.37. The van der Waals surface area contributed by atoms with E-state index in [0.717, 1.165) is 32.3 Å². The normalized spacial score (nSPS) is 11.1. The first kappa shape index (κ1) is 18.6. The molecule has 0 atom stereocenters. The highest BCUT2D eigenvalue weighted by atomic mass is 79.9. The zero-order valence-corrected chi connectivity index (χ0v) is 17.9. The van der Waals surface area contributed by atoms with E-state index in [2.05, 4.69) is 81.2 Å². The molecule has 0 aliphatic heterocycles. The Morgan fingerprint density at radius 2 is 1.37 bits per heavy atom. The van der Waals surface area contributed by atoms with Gasteiger partial charge in [-0.05, 0) is 35.9 Å². The van der Waals surface area contributed by atoms with Crippen LogP contribution < -0.4 is 0 Å². The van der Waals surface area contributed by atoms with Crippen molar-refractivity contribution in [3.05, 3.63) is 101 Å². The van der Waals surface area contributed by atoms with Crippen LogP contribution in [0.1, 0.15) is 10.4 Å². The minimum Gasteiger partial charge on any atom is -0.465 e. The van der Waals surface area contributed by atoms with Crippen LogP contribution >= 0.6 is 15.9 Å². The van der Waals surface area contributed by atoms with Gasteiger partial charge in [0.2, 0.25) is 0 Å². The summed E-state index contributed by atoms with van der Waals surface area (Å²) in [6.45, 7) is 0. The van der Waals surface area contributed by atoms with Gasteiger partial charge in [-0.2, -0.15) is 0 Å². The van der Waals surface area contributed by atoms with Crippen molar-refractivity contribution in [3.63, 3.8) is 0 Å². The van der Waals surface area contributed by atoms with Crippen LogP contribution in [0.3, 0.4) is 0 Å². The Hall–Kier alpha value is -3.37. The first-order chi connectivity index (χ1) is 14.7. The summed E-state index contributed by atoms with van der Waals surface area (Å²) < 4.78 is 8.16. The molecule has 4 heteroatoms. The number of ether oxygens (including phenoxy) is 1. The predicted molar refractivity (Wildman–Crippen MR) is 125 cm³/mol. The van der Waals surface area contributed by atoms with E-state index in [4.69, 9.17) is 4.74 Å². The number of rotatable bonds is 3. The zero-order chi connectivity index (χ0) is 20.7. The van der Waals surface area contributed by atoms with Gasteiger partial charge < -0.3 is 9.30 Å². The Labute approximate surface area is 182 Å². The second-order valence-electron chi connectivity index (χ2n) is 7.07. The minimum atomic E-state index is -0.358. The monoisotopic (exact) mass is 455 g/mol. The molecule has 0 saturated heterocycles. The fourth-order valence-electron chi connectivity index (χ4n) is 4.11. The van der Waals surface area contributed by atoms with E-state index in [1.165, 1.54) is 17.9 Å². The van der Waals surface area contributed by atoms with Gasteiger partial charge in [0, 0.05) is 20.8 Å². The second-order valence-corrected chi connectivity index (χ2v) is 7.98. The number of para-hydroxylation sites is 3. The first-order valence-electron chi connectivity index (χ1n) is 9.65. The zero-order valence-electron chi connectivity index (χ0n) is 16.3. The van der Waals surface area contributed by atoms with Gasteiger partial charge in [-0.3, -0.25) is 0 Å². The molecule has 4 aromatic carbocycles. The first-order valence-corrected chi connectivity index (χ1v) is 10.4. The summed E-state index contributed by atoms with van der Waals surface area (Å²) in [5.74, 6) is -0.358. The lowest BCUT2D eigenvalue weighted by Crippen LogP contribution is -2.05. The molecule has 3 nitrogen and oxygen atoms in total. The number of nitrogens with zero attached hydrogens (tertiary/aromatic N) is 1. The summed E-state index contributed by atoms with van der Waals surface area (Å²) in [5, 5.41) is 2.40.